The molecule has 0 spiro atoms. The van der Waals surface area contributed by atoms with Crippen molar-refractivity contribution in [2.45, 2.75) is 30.8 Å². The lowest BCUT2D eigenvalue weighted by molar-refractivity contribution is 0.0950. The Labute approximate surface area is 190 Å². The Morgan fingerprint density at radius 2 is 1.88 bits per heavy atom. The average Bonchev–Trinajstić information content (AvgIpc) is 3.37. The van der Waals surface area contributed by atoms with Gasteiger partial charge in [0.1, 0.15) is 5.01 Å². The van der Waals surface area contributed by atoms with Gasteiger partial charge in [0, 0.05) is 11.6 Å². The second-order valence-corrected chi connectivity index (χ2v) is 10.7. The molecule has 1 N–H and O–H groups in total. The Morgan fingerprint density at radius 3 is 2.72 bits per heavy atom. The molecule has 1 amide bonds. The third-order valence-corrected chi connectivity index (χ3v) is 8.50. The molecular weight excluding hydrogens is 442 g/mol. The van der Waals surface area contributed by atoms with Crippen LogP contribution < -0.4 is 9.62 Å². The topological polar surface area (TPSA) is 79.4 Å². The highest BCUT2D eigenvalue weighted by Crippen LogP contribution is 2.36. The first-order valence-electron chi connectivity index (χ1n) is 10.3. The molecule has 0 radical (unpaired) electrons. The van der Waals surface area contributed by atoms with E-state index in [2.05, 4.69) is 10.3 Å². The van der Waals surface area contributed by atoms with Gasteiger partial charge < -0.3 is 5.32 Å². The first kappa shape index (κ1) is 20.7. The molecule has 6 nitrogen and oxygen atoms in total. The van der Waals surface area contributed by atoms with Gasteiger partial charge in [-0.25, -0.2) is 13.4 Å². The molecule has 1 aliphatic heterocycles. The number of nitrogens with one attached hydrogen (secondary N) is 1. The van der Waals surface area contributed by atoms with Crippen molar-refractivity contribution < 1.29 is 13.2 Å². The first-order chi connectivity index (χ1) is 15.4. The van der Waals surface area contributed by atoms with E-state index in [4.69, 9.17) is 0 Å². The van der Waals surface area contributed by atoms with Crippen LogP contribution >= 0.6 is 11.3 Å². The highest BCUT2D eigenvalue weighted by molar-refractivity contribution is 7.92. The van der Waals surface area contributed by atoms with E-state index in [0.717, 1.165) is 20.8 Å². The molecule has 0 saturated carbocycles. The number of nitrogens with zero attached hydrogens (tertiary/aromatic N) is 2. The van der Waals surface area contributed by atoms with Crippen molar-refractivity contribution in [3.05, 3.63) is 88.9 Å². The van der Waals surface area contributed by atoms with Gasteiger partial charge in [-0.2, -0.15) is 0 Å². The lowest BCUT2D eigenvalue weighted by Crippen LogP contribution is -2.35. The highest BCUT2D eigenvalue weighted by atomic mass is 32.2. The summed E-state index contributed by atoms with van der Waals surface area (Å²) < 4.78 is 29.4. The average molecular weight is 464 g/mol. The van der Waals surface area contributed by atoms with Crippen LogP contribution in [0.15, 0.2) is 77.7 Å². The number of carbonyl (C=O) groups is 1. The zero-order chi connectivity index (χ0) is 22.3. The fourth-order valence-electron chi connectivity index (χ4n) is 4.07. The second kappa shape index (κ2) is 8.03. The maximum Gasteiger partial charge on any atom is 0.264 e. The van der Waals surface area contributed by atoms with Crippen LogP contribution in [0.5, 0.6) is 0 Å². The van der Waals surface area contributed by atoms with Crippen LogP contribution in [0.25, 0.3) is 10.2 Å². The first-order valence-corrected chi connectivity index (χ1v) is 12.5. The third-order valence-electron chi connectivity index (χ3n) is 5.54. The SMILES string of the molecule is CC1Cc2ccccc2N1S(=O)(=O)c1cccc(C(=O)NCc2nc3ccccc3s2)c1. The molecule has 8 heteroatoms. The predicted molar refractivity (Wildman–Crippen MR) is 127 cm³/mol. The van der Waals surface area contributed by atoms with E-state index in [0.29, 0.717) is 17.7 Å². The number of carbonyl (C=O) groups excluding carboxylic acids is 1. The van der Waals surface area contributed by atoms with Gasteiger partial charge >= 0.3 is 0 Å². The van der Waals surface area contributed by atoms with Gasteiger partial charge in [0.05, 0.1) is 27.3 Å². The van der Waals surface area contributed by atoms with E-state index in [1.54, 1.807) is 12.1 Å². The molecular formula is C24H21N3O3S2. The summed E-state index contributed by atoms with van der Waals surface area (Å²) in [5.41, 5.74) is 2.90. The number of sulfonamides is 1. The number of aromatic nitrogens is 1. The summed E-state index contributed by atoms with van der Waals surface area (Å²) in [5, 5.41) is 3.65. The van der Waals surface area contributed by atoms with Crippen LogP contribution in [0.2, 0.25) is 0 Å². The van der Waals surface area contributed by atoms with E-state index in [-0.39, 0.29) is 23.4 Å². The zero-order valence-electron chi connectivity index (χ0n) is 17.4. The van der Waals surface area contributed by atoms with Crippen LogP contribution in [-0.2, 0) is 23.0 Å². The van der Waals surface area contributed by atoms with Crippen LogP contribution in [0.4, 0.5) is 5.69 Å². The highest BCUT2D eigenvalue weighted by Gasteiger charge is 2.36. The van der Waals surface area contributed by atoms with Crippen LogP contribution in [-0.4, -0.2) is 25.4 Å². The minimum absolute atomic E-state index is 0.105. The summed E-state index contributed by atoms with van der Waals surface area (Å²) in [6.45, 7) is 2.18. The number of hydrogen-bond acceptors (Lipinski definition) is 5. The van der Waals surface area contributed by atoms with Crippen LogP contribution in [0.1, 0.15) is 27.9 Å². The molecule has 0 bridgehead atoms. The number of hydrogen-bond donors (Lipinski definition) is 1. The Balaban J connectivity index is 1.37. The maximum absolute atomic E-state index is 13.4. The predicted octanol–water partition coefficient (Wildman–Crippen LogP) is 4.37. The summed E-state index contributed by atoms with van der Waals surface area (Å²) in [4.78, 5) is 17.4. The fourth-order valence-corrected chi connectivity index (χ4v) is 6.71. The lowest BCUT2D eigenvalue weighted by Gasteiger charge is -2.24. The maximum atomic E-state index is 13.4. The minimum atomic E-state index is -3.80. The molecule has 162 valence electrons. The number of thiazole rings is 1. The van der Waals surface area contributed by atoms with E-state index in [1.165, 1.54) is 27.8 Å². The lowest BCUT2D eigenvalue weighted by atomic mass is 10.1. The Hall–Kier alpha value is -3.23. The van der Waals surface area contributed by atoms with E-state index in [9.17, 15) is 13.2 Å². The third kappa shape index (κ3) is 3.65. The van der Waals surface area contributed by atoms with E-state index < -0.39 is 10.0 Å². The van der Waals surface area contributed by atoms with E-state index in [1.807, 2.05) is 55.5 Å². The van der Waals surface area contributed by atoms with Crippen molar-refractivity contribution in [1.29, 1.82) is 0 Å². The quantitative estimate of drug-likeness (QED) is 0.477. The Bertz CT molecular complexity index is 1400. The molecule has 32 heavy (non-hydrogen) atoms. The van der Waals surface area contributed by atoms with Crippen molar-refractivity contribution in [3.8, 4) is 0 Å². The zero-order valence-corrected chi connectivity index (χ0v) is 19.0. The number of fused-ring (bicyclic) bond motifs is 2. The summed E-state index contributed by atoms with van der Waals surface area (Å²) in [7, 11) is -3.80. The molecule has 1 atom stereocenters. The molecule has 0 saturated heterocycles. The standard InChI is InChI=1S/C24H21N3O3S2/c1-16-13-17-7-2-4-11-21(17)27(16)32(29,30)19-9-6-8-18(14-19)24(28)25-15-23-26-20-10-3-5-12-22(20)31-23/h2-12,14,16H,13,15H2,1H3,(H,25,28). The smallest absolute Gasteiger partial charge is 0.264 e. The van der Waals surface area contributed by atoms with Gasteiger partial charge in [-0.1, -0.05) is 36.4 Å². The van der Waals surface area contributed by atoms with Gasteiger partial charge in [-0.05, 0) is 55.3 Å². The molecule has 1 unspecified atom stereocenters. The van der Waals surface area contributed by atoms with Crippen molar-refractivity contribution in [1.82, 2.24) is 10.3 Å². The van der Waals surface area contributed by atoms with Crippen LogP contribution in [0, 0.1) is 0 Å². The molecule has 0 fully saturated rings. The molecule has 1 aromatic heterocycles. The van der Waals surface area contributed by atoms with Crippen molar-refractivity contribution in [2.75, 3.05) is 4.31 Å². The van der Waals surface area contributed by atoms with E-state index >= 15 is 0 Å². The van der Waals surface area contributed by atoms with Crippen molar-refractivity contribution in [3.63, 3.8) is 0 Å². The van der Waals surface area contributed by atoms with Gasteiger partial charge in [-0.3, -0.25) is 9.10 Å². The molecule has 2 heterocycles. The molecule has 0 aliphatic carbocycles. The van der Waals surface area contributed by atoms with Gasteiger partial charge in [0.2, 0.25) is 0 Å². The minimum Gasteiger partial charge on any atom is -0.346 e. The summed E-state index contributed by atoms with van der Waals surface area (Å²) in [6, 6.07) is 21.3. The number of rotatable bonds is 5. The fraction of sp³-hybridized carbons (Fsp3) is 0.167. The normalized spacial score (nSPS) is 15.7. The van der Waals surface area contributed by atoms with Crippen LogP contribution in [0.3, 0.4) is 0 Å². The number of anilines is 1. The number of amides is 1. The Morgan fingerprint density at radius 1 is 1.09 bits per heavy atom. The molecule has 1 aliphatic rings. The number of benzene rings is 3. The summed E-state index contributed by atoms with van der Waals surface area (Å²) in [6.07, 6.45) is 0.664. The van der Waals surface area contributed by atoms with Crippen molar-refractivity contribution in [2.24, 2.45) is 0 Å². The molecule has 3 aromatic carbocycles. The van der Waals surface area contributed by atoms with Crippen molar-refractivity contribution >= 4 is 43.2 Å². The molecule has 4 aromatic rings. The Kier molecular flexibility index (Phi) is 5.19. The second-order valence-electron chi connectivity index (χ2n) is 7.77. The monoisotopic (exact) mass is 463 g/mol. The van der Waals surface area contributed by atoms with Gasteiger partial charge in [0.25, 0.3) is 15.9 Å². The number of para-hydroxylation sites is 2. The summed E-state index contributed by atoms with van der Waals surface area (Å²) in [5.74, 6) is -0.337. The largest absolute Gasteiger partial charge is 0.346 e. The van der Waals surface area contributed by atoms with Gasteiger partial charge in [0.15, 0.2) is 0 Å². The summed E-state index contributed by atoms with van der Waals surface area (Å²) >= 11 is 1.52. The molecule has 5 rings (SSSR count). The van der Waals surface area contributed by atoms with Gasteiger partial charge in [-0.15, -0.1) is 11.3 Å².